The number of hydrogen-bond acceptors (Lipinski definition) is 4. The van der Waals surface area contributed by atoms with Gasteiger partial charge in [-0.3, -0.25) is 0 Å². The van der Waals surface area contributed by atoms with E-state index < -0.39 is 0 Å². The Balaban J connectivity index is 2.20. The number of aromatic nitrogens is 2. The molecule has 94 valence electrons. The molecule has 0 aliphatic carbocycles. The molecule has 4 nitrogen and oxygen atoms in total. The standard InChI is InChI=1S/C15H13N3O/c1-10-13(11-6-3-2-4-7-11)17-15(18-14(10)16)12-8-5-9-19-12/h2-9H,1H3,(H2,16,17,18). The topological polar surface area (TPSA) is 64.9 Å². The minimum atomic E-state index is 0.472. The Bertz CT molecular complexity index is 691. The van der Waals surface area contributed by atoms with Crippen molar-refractivity contribution in [3.05, 3.63) is 54.3 Å². The molecule has 2 aromatic heterocycles. The predicted octanol–water partition coefficient (Wildman–Crippen LogP) is 3.29. The van der Waals surface area contributed by atoms with E-state index in [0.717, 1.165) is 16.8 Å². The fourth-order valence-corrected chi connectivity index (χ4v) is 1.93. The van der Waals surface area contributed by atoms with Gasteiger partial charge in [-0.05, 0) is 19.1 Å². The third kappa shape index (κ3) is 2.08. The molecule has 0 saturated heterocycles. The van der Waals surface area contributed by atoms with Crippen LogP contribution < -0.4 is 5.73 Å². The molecule has 0 spiro atoms. The summed E-state index contributed by atoms with van der Waals surface area (Å²) in [5.74, 6) is 1.59. The minimum absolute atomic E-state index is 0.472. The van der Waals surface area contributed by atoms with Gasteiger partial charge in [-0.2, -0.15) is 0 Å². The molecule has 4 heteroatoms. The van der Waals surface area contributed by atoms with E-state index in [9.17, 15) is 0 Å². The fraction of sp³-hybridized carbons (Fsp3) is 0.0667. The SMILES string of the molecule is Cc1c(N)nc(-c2ccco2)nc1-c1ccccc1. The lowest BCUT2D eigenvalue weighted by Gasteiger charge is -2.09. The summed E-state index contributed by atoms with van der Waals surface area (Å²) in [6.45, 7) is 1.92. The molecule has 3 aromatic rings. The van der Waals surface area contributed by atoms with E-state index in [-0.39, 0.29) is 0 Å². The van der Waals surface area contributed by atoms with Crippen LogP contribution >= 0.6 is 0 Å². The van der Waals surface area contributed by atoms with Crippen LogP contribution in [0.15, 0.2) is 53.1 Å². The number of anilines is 1. The van der Waals surface area contributed by atoms with Gasteiger partial charge in [0.2, 0.25) is 0 Å². The van der Waals surface area contributed by atoms with Gasteiger partial charge in [0, 0.05) is 11.1 Å². The molecular formula is C15H13N3O. The van der Waals surface area contributed by atoms with Gasteiger partial charge in [0.25, 0.3) is 0 Å². The van der Waals surface area contributed by atoms with E-state index in [1.165, 1.54) is 0 Å². The summed E-state index contributed by atoms with van der Waals surface area (Å²) in [6, 6.07) is 13.5. The summed E-state index contributed by atoms with van der Waals surface area (Å²) in [6.07, 6.45) is 1.59. The van der Waals surface area contributed by atoms with Crippen molar-refractivity contribution in [3.8, 4) is 22.8 Å². The van der Waals surface area contributed by atoms with Crippen molar-refractivity contribution in [3.63, 3.8) is 0 Å². The van der Waals surface area contributed by atoms with E-state index in [1.807, 2.05) is 43.3 Å². The molecule has 0 bridgehead atoms. The summed E-state index contributed by atoms with van der Waals surface area (Å²) >= 11 is 0. The number of nitrogens with two attached hydrogens (primary N) is 1. The number of hydrogen-bond donors (Lipinski definition) is 1. The lowest BCUT2D eigenvalue weighted by molar-refractivity contribution is 0.577. The Morgan fingerprint density at radius 1 is 1.00 bits per heavy atom. The fourth-order valence-electron chi connectivity index (χ4n) is 1.93. The number of furan rings is 1. The second-order valence-corrected chi connectivity index (χ2v) is 4.25. The van der Waals surface area contributed by atoms with Crippen molar-refractivity contribution >= 4 is 5.82 Å². The van der Waals surface area contributed by atoms with Crippen LogP contribution in [-0.2, 0) is 0 Å². The van der Waals surface area contributed by atoms with Crippen molar-refractivity contribution in [1.29, 1.82) is 0 Å². The van der Waals surface area contributed by atoms with Crippen molar-refractivity contribution in [1.82, 2.24) is 9.97 Å². The van der Waals surface area contributed by atoms with E-state index in [0.29, 0.717) is 17.4 Å². The summed E-state index contributed by atoms with van der Waals surface area (Å²) in [5, 5.41) is 0. The predicted molar refractivity (Wildman–Crippen MR) is 74.3 cm³/mol. The normalized spacial score (nSPS) is 10.6. The minimum Gasteiger partial charge on any atom is -0.461 e. The molecule has 0 fully saturated rings. The van der Waals surface area contributed by atoms with E-state index in [2.05, 4.69) is 9.97 Å². The summed E-state index contributed by atoms with van der Waals surface area (Å²) in [5.41, 5.74) is 8.70. The zero-order chi connectivity index (χ0) is 13.2. The van der Waals surface area contributed by atoms with Gasteiger partial charge in [0.05, 0.1) is 12.0 Å². The smallest absolute Gasteiger partial charge is 0.198 e. The third-order valence-corrected chi connectivity index (χ3v) is 2.97. The Morgan fingerprint density at radius 2 is 1.79 bits per heavy atom. The number of nitrogens with zero attached hydrogens (tertiary/aromatic N) is 2. The Kier molecular flexibility index (Phi) is 2.76. The van der Waals surface area contributed by atoms with Crippen LogP contribution in [0.2, 0.25) is 0 Å². The highest BCUT2D eigenvalue weighted by Crippen LogP contribution is 2.27. The van der Waals surface area contributed by atoms with Gasteiger partial charge in [0.1, 0.15) is 5.82 Å². The van der Waals surface area contributed by atoms with Crippen LogP contribution in [0.25, 0.3) is 22.8 Å². The molecule has 0 saturated carbocycles. The van der Waals surface area contributed by atoms with Gasteiger partial charge < -0.3 is 10.2 Å². The number of nitrogen functional groups attached to an aromatic ring is 1. The van der Waals surface area contributed by atoms with E-state index in [1.54, 1.807) is 12.3 Å². The van der Waals surface area contributed by atoms with Crippen LogP contribution in [0.1, 0.15) is 5.56 Å². The van der Waals surface area contributed by atoms with Crippen LogP contribution in [0.3, 0.4) is 0 Å². The van der Waals surface area contributed by atoms with Crippen molar-refractivity contribution in [2.75, 3.05) is 5.73 Å². The van der Waals surface area contributed by atoms with Crippen molar-refractivity contribution in [2.24, 2.45) is 0 Å². The average Bonchev–Trinajstić information content (AvgIpc) is 2.97. The van der Waals surface area contributed by atoms with Gasteiger partial charge >= 0.3 is 0 Å². The monoisotopic (exact) mass is 251 g/mol. The zero-order valence-corrected chi connectivity index (χ0v) is 10.5. The first-order valence-corrected chi connectivity index (χ1v) is 5.99. The largest absolute Gasteiger partial charge is 0.461 e. The molecule has 0 atom stereocenters. The maximum Gasteiger partial charge on any atom is 0.198 e. The molecule has 19 heavy (non-hydrogen) atoms. The highest BCUT2D eigenvalue weighted by molar-refractivity contribution is 5.69. The second kappa shape index (κ2) is 4.57. The molecule has 0 amide bonds. The first kappa shape index (κ1) is 11.5. The molecule has 1 aromatic carbocycles. The Labute approximate surface area is 110 Å². The van der Waals surface area contributed by atoms with Gasteiger partial charge in [-0.25, -0.2) is 9.97 Å². The van der Waals surface area contributed by atoms with Crippen LogP contribution in [0.4, 0.5) is 5.82 Å². The molecule has 2 heterocycles. The lowest BCUT2D eigenvalue weighted by Crippen LogP contribution is -2.01. The summed E-state index contributed by atoms with van der Waals surface area (Å²) < 4.78 is 5.32. The highest BCUT2D eigenvalue weighted by Gasteiger charge is 2.13. The molecule has 0 aliphatic heterocycles. The average molecular weight is 251 g/mol. The third-order valence-electron chi connectivity index (χ3n) is 2.97. The molecular weight excluding hydrogens is 238 g/mol. The highest BCUT2D eigenvalue weighted by atomic mass is 16.3. The van der Waals surface area contributed by atoms with Crippen LogP contribution in [-0.4, -0.2) is 9.97 Å². The Hall–Kier alpha value is -2.62. The summed E-state index contributed by atoms with van der Waals surface area (Å²) in [4.78, 5) is 8.84. The van der Waals surface area contributed by atoms with Crippen LogP contribution in [0.5, 0.6) is 0 Å². The molecule has 2 N–H and O–H groups in total. The summed E-state index contributed by atoms with van der Waals surface area (Å²) in [7, 11) is 0. The lowest BCUT2D eigenvalue weighted by atomic mass is 10.1. The maximum atomic E-state index is 5.97. The Morgan fingerprint density at radius 3 is 2.47 bits per heavy atom. The maximum absolute atomic E-state index is 5.97. The van der Waals surface area contributed by atoms with Gasteiger partial charge in [0.15, 0.2) is 11.6 Å². The van der Waals surface area contributed by atoms with Gasteiger partial charge in [-0.1, -0.05) is 30.3 Å². The number of benzene rings is 1. The molecule has 0 aliphatic rings. The van der Waals surface area contributed by atoms with E-state index >= 15 is 0 Å². The molecule has 0 radical (unpaired) electrons. The zero-order valence-electron chi connectivity index (χ0n) is 10.5. The van der Waals surface area contributed by atoms with Crippen molar-refractivity contribution in [2.45, 2.75) is 6.92 Å². The quantitative estimate of drug-likeness (QED) is 0.759. The first-order chi connectivity index (χ1) is 9.25. The second-order valence-electron chi connectivity index (χ2n) is 4.25. The molecule has 3 rings (SSSR count). The van der Waals surface area contributed by atoms with Crippen LogP contribution in [0, 0.1) is 6.92 Å². The molecule has 0 unspecified atom stereocenters. The number of rotatable bonds is 2. The van der Waals surface area contributed by atoms with Crippen molar-refractivity contribution < 1.29 is 4.42 Å². The first-order valence-electron chi connectivity index (χ1n) is 5.99. The van der Waals surface area contributed by atoms with Gasteiger partial charge in [-0.15, -0.1) is 0 Å². The van der Waals surface area contributed by atoms with E-state index in [4.69, 9.17) is 10.2 Å².